The molecule has 0 aromatic heterocycles. The number of unbranched alkanes of at least 4 members (excludes halogenated alkanes) is 6. The van der Waals surface area contributed by atoms with E-state index in [1.807, 2.05) is 0 Å². The molecule has 0 fully saturated rings. The Morgan fingerprint density at radius 3 is 2.06 bits per heavy atom. The molecular formula is C15H31N. The summed E-state index contributed by atoms with van der Waals surface area (Å²) in [5.41, 5.74) is 0.260. The van der Waals surface area contributed by atoms with E-state index in [0.29, 0.717) is 0 Å². The van der Waals surface area contributed by atoms with Crippen LogP contribution in [0.3, 0.4) is 0 Å². The summed E-state index contributed by atoms with van der Waals surface area (Å²) in [6.45, 7) is 8.89. The fourth-order valence-electron chi connectivity index (χ4n) is 1.91. The second-order valence-electron chi connectivity index (χ2n) is 5.40. The van der Waals surface area contributed by atoms with Crippen molar-refractivity contribution >= 4 is 0 Å². The number of allylic oxidation sites excluding steroid dienone is 1. The number of hydrogen-bond donors (Lipinski definition) is 1. The van der Waals surface area contributed by atoms with Crippen LogP contribution in [0.25, 0.3) is 0 Å². The Bertz CT molecular complexity index is 170. The zero-order valence-electron chi connectivity index (χ0n) is 11.8. The van der Waals surface area contributed by atoms with E-state index in [9.17, 15) is 0 Å². The monoisotopic (exact) mass is 225 g/mol. The number of hydrogen-bond acceptors (Lipinski definition) is 1. The van der Waals surface area contributed by atoms with Crippen LogP contribution in [-0.4, -0.2) is 5.54 Å². The van der Waals surface area contributed by atoms with Gasteiger partial charge in [0.2, 0.25) is 0 Å². The molecule has 1 heteroatoms. The molecule has 0 saturated carbocycles. The van der Waals surface area contributed by atoms with E-state index in [2.05, 4.69) is 45.3 Å². The highest BCUT2D eigenvalue weighted by Gasteiger charge is 2.13. The lowest BCUT2D eigenvalue weighted by atomic mass is 9.96. The van der Waals surface area contributed by atoms with Gasteiger partial charge in [0.25, 0.3) is 0 Å². The molecule has 0 aliphatic heterocycles. The molecule has 0 bridgehead atoms. The van der Waals surface area contributed by atoms with Gasteiger partial charge in [0, 0.05) is 5.54 Å². The molecule has 1 N–H and O–H groups in total. The van der Waals surface area contributed by atoms with E-state index in [1.165, 1.54) is 51.4 Å². The molecule has 0 aliphatic carbocycles. The molecule has 0 aromatic carbocycles. The van der Waals surface area contributed by atoms with Crippen molar-refractivity contribution < 1.29 is 0 Å². The van der Waals surface area contributed by atoms with Crippen LogP contribution in [0.1, 0.15) is 79.1 Å². The molecule has 0 saturated heterocycles. The van der Waals surface area contributed by atoms with E-state index < -0.39 is 0 Å². The van der Waals surface area contributed by atoms with Crippen molar-refractivity contribution in [3.63, 3.8) is 0 Å². The Morgan fingerprint density at radius 1 is 0.938 bits per heavy atom. The lowest BCUT2D eigenvalue weighted by molar-refractivity contribution is 0.387. The van der Waals surface area contributed by atoms with Gasteiger partial charge in [-0.3, -0.25) is 0 Å². The topological polar surface area (TPSA) is 12.0 Å². The van der Waals surface area contributed by atoms with Gasteiger partial charge in [-0.05, 0) is 33.4 Å². The first-order valence-electron chi connectivity index (χ1n) is 7.01. The standard InChI is InChI=1S/C15H31N/c1-5-7-8-9-10-11-12-13-15(3,4)16-14-6-2/h6,14,16H,5,7-13H2,1-4H3. The maximum Gasteiger partial charge on any atom is 0.0312 e. The summed E-state index contributed by atoms with van der Waals surface area (Å²) in [6, 6.07) is 0. The molecule has 0 radical (unpaired) electrons. The predicted octanol–water partition coefficient (Wildman–Crippen LogP) is 5.03. The van der Waals surface area contributed by atoms with Gasteiger partial charge in [-0.15, -0.1) is 0 Å². The third-order valence-corrected chi connectivity index (χ3v) is 3.05. The summed E-state index contributed by atoms with van der Waals surface area (Å²) in [5.74, 6) is 0. The van der Waals surface area contributed by atoms with Crippen molar-refractivity contribution in [3.8, 4) is 0 Å². The van der Waals surface area contributed by atoms with E-state index in [-0.39, 0.29) is 5.54 Å². The van der Waals surface area contributed by atoms with E-state index >= 15 is 0 Å². The van der Waals surface area contributed by atoms with Gasteiger partial charge in [0.1, 0.15) is 0 Å². The second-order valence-corrected chi connectivity index (χ2v) is 5.40. The van der Waals surface area contributed by atoms with Crippen molar-refractivity contribution in [2.24, 2.45) is 0 Å². The van der Waals surface area contributed by atoms with Crippen molar-refractivity contribution in [1.29, 1.82) is 0 Å². The molecule has 0 amide bonds. The molecule has 0 spiro atoms. The van der Waals surface area contributed by atoms with Gasteiger partial charge in [-0.1, -0.05) is 57.9 Å². The van der Waals surface area contributed by atoms with Crippen LogP contribution in [0.15, 0.2) is 12.3 Å². The summed E-state index contributed by atoms with van der Waals surface area (Å²) < 4.78 is 0. The highest BCUT2D eigenvalue weighted by atomic mass is 14.9. The van der Waals surface area contributed by atoms with E-state index in [4.69, 9.17) is 0 Å². The fraction of sp³-hybridized carbons (Fsp3) is 0.867. The first kappa shape index (κ1) is 15.5. The smallest absolute Gasteiger partial charge is 0.0312 e. The Kier molecular flexibility index (Phi) is 9.46. The lowest BCUT2D eigenvalue weighted by Crippen LogP contribution is -2.35. The van der Waals surface area contributed by atoms with Crippen molar-refractivity contribution in [2.45, 2.75) is 84.6 Å². The minimum absolute atomic E-state index is 0.260. The SMILES string of the molecule is CC=CNC(C)(C)CCCCCCCCC. The highest BCUT2D eigenvalue weighted by Crippen LogP contribution is 2.15. The van der Waals surface area contributed by atoms with Gasteiger partial charge >= 0.3 is 0 Å². The summed E-state index contributed by atoms with van der Waals surface area (Å²) >= 11 is 0. The Hall–Kier alpha value is -0.460. The minimum atomic E-state index is 0.260. The van der Waals surface area contributed by atoms with Crippen LogP contribution < -0.4 is 5.32 Å². The summed E-state index contributed by atoms with van der Waals surface area (Å²) in [5, 5.41) is 3.44. The molecule has 1 nitrogen and oxygen atoms in total. The second kappa shape index (κ2) is 9.74. The van der Waals surface area contributed by atoms with E-state index in [1.54, 1.807) is 0 Å². The van der Waals surface area contributed by atoms with Crippen LogP contribution in [0, 0.1) is 0 Å². The molecule has 0 rings (SSSR count). The van der Waals surface area contributed by atoms with Crippen LogP contribution in [-0.2, 0) is 0 Å². The van der Waals surface area contributed by atoms with Crippen LogP contribution >= 0.6 is 0 Å². The Morgan fingerprint density at radius 2 is 1.50 bits per heavy atom. The molecule has 16 heavy (non-hydrogen) atoms. The zero-order valence-corrected chi connectivity index (χ0v) is 11.8. The maximum atomic E-state index is 3.44. The molecule has 0 aromatic rings. The normalized spacial score (nSPS) is 12.2. The quantitative estimate of drug-likeness (QED) is 0.514. The molecule has 0 aliphatic rings. The van der Waals surface area contributed by atoms with Gasteiger partial charge in [-0.2, -0.15) is 0 Å². The summed E-state index contributed by atoms with van der Waals surface area (Å²) in [6.07, 6.45) is 15.2. The van der Waals surface area contributed by atoms with E-state index in [0.717, 1.165) is 0 Å². The Labute approximate surface area is 103 Å². The molecule has 96 valence electrons. The summed E-state index contributed by atoms with van der Waals surface area (Å²) in [7, 11) is 0. The molecular weight excluding hydrogens is 194 g/mol. The third-order valence-electron chi connectivity index (χ3n) is 3.05. The molecule has 0 atom stereocenters. The van der Waals surface area contributed by atoms with Gasteiger partial charge < -0.3 is 5.32 Å². The van der Waals surface area contributed by atoms with Crippen LogP contribution in [0.4, 0.5) is 0 Å². The average Bonchev–Trinajstić information content (AvgIpc) is 2.25. The van der Waals surface area contributed by atoms with Crippen molar-refractivity contribution in [3.05, 3.63) is 12.3 Å². The zero-order chi connectivity index (χ0) is 12.3. The Balaban J connectivity index is 3.35. The first-order valence-corrected chi connectivity index (χ1v) is 7.01. The number of nitrogens with one attached hydrogen (secondary N) is 1. The average molecular weight is 225 g/mol. The largest absolute Gasteiger partial charge is 0.386 e. The fourth-order valence-corrected chi connectivity index (χ4v) is 1.91. The lowest BCUT2D eigenvalue weighted by Gasteiger charge is -2.25. The van der Waals surface area contributed by atoms with Crippen molar-refractivity contribution in [1.82, 2.24) is 5.32 Å². The van der Waals surface area contributed by atoms with Crippen LogP contribution in [0.5, 0.6) is 0 Å². The van der Waals surface area contributed by atoms with Gasteiger partial charge in [0.05, 0.1) is 0 Å². The van der Waals surface area contributed by atoms with Crippen molar-refractivity contribution in [2.75, 3.05) is 0 Å². The third kappa shape index (κ3) is 10.1. The molecule has 0 unspecified atom stereocenters. The minimum Gasteiger partial charge on any atom is -0.386 e. The summed E-state index contributed by atoms with van der Waals surface area (Å²) in [4.78, 5) is 0. The first-order chi connectivity index (χ1) is 7.62. The van der Waals surface area contributed by atoms with Crippen LogP contribution in [0.2, 0.25) is 0 Å². The maximum absolute atomic E-state index is 3.44. The van der Waals surface area contributed by atoms with Gasteiger partial charge in [-0.25, -0.2) is 0 Å². The predicted molar refractivity (Wildman–Crippen MR) is 74.6 cm³/mol. The number of rotatable bonds is 10. The molecule has 0 heterocycles. The highest BCUT2D eigenvalue weighted by molar-refractivity contribution is 4.86. The van der Waals surface area contributed by atoms with Gasteiger partial charge in [0.15, 0.2) is 0 Å².